The van der Waals surface area contributed by atoms with Gasteiger partial charge in [0.25, 0.3) is 5.91 Å². The smallest absolute Gasteiger partial charge is 0.274 e. The number of amides is 1. The number of likely N-dealkylation sites (tertiary alicyclic amines) is 1. The molecule has 2 aromatic rings. The molecule has 0 bridgehead atoms. The quantitative estimate of drug-likeness (QED) is 0.706. The minimum atomic E-state index is -3.45. The molecule has 2 fully saturated rings. The molecule has 31 heavy (non-hydrogen) atoms. The van der Waals surface area contributed by atoms with Gasteiger partial charge < -0.3 is 9.80 Å². The minimum Gasteiger partial charge on any atom is -0.341 e. The molecule has 10 heteroatoms. The Morgan fingerprint density at radius 2 is 1.90 bits per heavy atom. The van der Waals surface area contributed by atoms with Crippen LogP contribution in [-0.2, 0) is 16.9 Å². The Morgan fingerprint density at radius 3 is 2.52 bits per heavy atom. The van der Waals surface area contributed by atoms with Gasteiger partial charge in [0.15, 0.2) is 9.84 Å². The fourth-order valence-electron chi connectivity index (χ4n) is 4.52. The van der Waals surface area contributed by atoms with E-state index in [9.17, 15) is 13.2 Å². The lowest BCUT2D eigenvalue weighted by Gasteiger charge is -2.33. The molecule has 2 aliphatic rings. The summed E-state index contributed by atoms with van der Waals surface area (Å²) in [6.07, 6.45) is 8.02. The van der Waals surface area contributed by atoms with E-state index in [0.717, 1.165) is 19.5 Å². The maximum absolute atomic E-state index is 12.7. The van der Waals surface area contributed by atoms with Gasteiger partial charge in [-0.3, -0.25) is 9.48 Å². The van der Waals surface area contributed by atoms with Gasteiger partial charge in [-0.2, -0.15) is 5.10 Å². The number of sulfone groups is 1. The topological polar surface area (TPSA) is 101 Å². The first-order valence-corrected chi connectivity index (χ1v) is 12.7. The van der Waals surface area contributed by atoms with Crippen molar-refractivity contribution >= 4 is 21.7 Å². The van der Waals surface area contributed by atoms with Gasteiger partial charge in [-0.15, -0.1) is 0 Å². The lowest BCUT2D eigenvalue weighted by Crippen LogP contribution is -2.39. The average Bonchev–Trinajstić information content (AvgIpc) is 3.18. The SMILES string of the molecule is C[C@@H]1CCCN(c2ncc(S(C)(=O)=O)c(C3CCN(C(=O)c4ccn(C)n4)CC3)n2)C1. The summed E-state index contributed by atoms with van der Waals surface area (Å²) in [5, 5.41) is 4.20. The first-order valence-electron chi connectivity index (χ1n) is 10.8. The second-order valence-electron chi connectivity index (χ2n) is 8.83. The Morgan fingerprint density at radius 1 is 1.16 bits per heavy atom. The third kappa shape index (κ3) is 4.73. The lowest BCUT2D eigenvalue weighted by molar-refractivity contribution is 0.0704. The highest BCUT2D eigenvalue weighted by atomic mass is 32.2. The molecule has 4 heterocycles. The van der Waals surface area contributed by atoms with E-state index < -0.39 is 9.84 Å². The Bertz CT molecular complexity index is 1060. The van der Waals surface area contributed by atoms with Crippen molar-refractivity contribution in [1.29, 1.82) is 0 Å². The number of hydrogen-bond acceptors (Lipinski definition) is 7. The number of rotatable bonds is 4. The summed E-state index contributed by atoms with van der Waals surface area (Å²) in [6.45, 7) is 5.08. The van der Waals surface area contributed by atoms with Gasteiger partial charge in [0.2, 0.25) is 5.95 Å². The summed E-state index contributed by atoms with van der Waals surface area (Å²) >= 11 is 0. The maximum Gasteiger partial charge on any atom is 0.274 e. The van der Waals surface area contributed by atoms with Crippen LogP contribution >= 0.6 is 0 Å². The van der Waals surface area contributed by atoms with Crippen molar-refractivity contribution in [3.8, 4) is 0 Å². The van der Waals surface area contributed by atoms with Gasteiger partial charge in [-0.1, -0.05) is 6.92 Å². The molecule has 1 atom stereocenters. The summed E-state index contributed by atoms with van der Waals surface area (Å²) in [7, 11) is -1.66. The van der Waals surface area contributed by atoms with Crippen molar-refractivity contribution in [2.24, 2.45) is 13.0 Å². The van der Waals surface area contributed by atoms with Crippen LogP contribution in [0.2, 0.25) is 0 Å². The summed E-state index contributed by atoms with van der Waals surface area (Å²) in [6, 6.07) is 1.71. The second kappa shape index (κ2) is 8.57. The number of anilines is 1. The molecule has 0 radical (unpaired) electrons. The molecule has 2 aliphatic heterocycles. The van der Waals surface area contributed by atoms with E-state index in [0.29, 0.717) is 49.2 Å². The molecular formula is C21H30N6O3S. The van der Waals surface area contributed by atoms with Crippen molar-refractivity contribution in [3.63, 3.8) is 0 Å². The zero-order valence-corrected chi connectivity index (χ0v) is 19.2. The van der Waals surface area contributed by atoms with E-state index in [1.807, 2.05) is 0 Å². The molecule has 2 saturated heterocycles. The molecule has 9 nitrogen and oxygen atoms in total. The van der Waals surface area contributed by atoms with Crippen LogP contribution in [0.25, 0.3) is 0 Å². The van der Waals surface area contributed by atoms with E-state index in [2.05, 4.69) is 21.9 Å². The van der Waals surface area contributed by atoms with E-state index in [-0.39, 0.29) is 16.7 Å². The van der Waals surface area contributed by atoms with Gasteiger partial charge >= 0.3 is 0 Å². The Balaban J connectivity index is 1.55. The molecular weight excluding hydrogens is 416 g/mol. The summed E-state index contributed by atoms with van der Waals surface area (Å²) in [5.41, 5.74) is 1.02. The normalized spacial score (nSPS) is 20.8. The molecule has 1 amide bonds. The molecule has 0 unspecified atom stereocenters. The van der Waals surface area contributed by atoms with Crippen molar-refractivity contribution in [1.82, 2.24) is 24.6 Å². The molecule has 0 N–H and O–H groups in total. The fraction of sp³-hybridized carbons (Fsp3) is 0.619. The van der Waals surface area contributed by atoms with E-state index >= 15 is 0 Å². The van der Waals surface area contributed by atoms with Crippen LogP contribution in [0, 0.1) is 5.92 Å². The van der Waals surface area contributed by atoms with Crippen LogP contribution < -0.4 is 4.90 Å². The van der Waals surface area contributed by atoms with E-state index in [4.69, 9.17) is 4.98 Å². The predicted molar refractivity (Wildman–Crippen MR) is 117 cm³/mol. The van der Waals surface area contributed by atoms with Gasteiger partial charge in [-0.25, -0.2) is 18.4 Å². The molecule has 168 valence electrons. The highest BCUT2D eigenvalue weighted by molar-refractivity contribution is 7.90. The zero-order chi connectivity index (χ0) is 22.2. The van der Waals surface area contributed by atoms with Crippen molar-refractivity contribution in [3.05, 3.63) is 29.8 Å². The standard InChI is InChI=1S/C21H30N6O3S/c1-15-5-4-9-27(14-15)21-22-13-18(31(3,29)30)19(23-21)16-6-11-26(12-7-16)20(28)17-8-10-25(2)24-17/h8,10,13,15-16H,4-7,9,11-12,14H2,1-3H3/t15-/m1/s1. The van der Waals surface area contributed by atoms with E-state index in [1.165, 1.54) is 18.9 Å². The highest BCUT2D eigenvalue weighted by Gasteiger charge is 2.31. The maximum atomic E-state index is 12.7. The molecule has 4 rings (SSSR count). The van der Waals surface area contributed by atoms with Crippen molar-refractivity contribution in [2.75, 3.05) is 37.3 Å². The zero-order valence-electron chi connectivity index (χ0n) is 18.4. The lowest BCUT2D eigenvalue weighted by atomic mass is 9.93. The number of carbonyl (C=O) groups is 1. The van der Waals surface area contributed by atoms with Crippen LogP contribution in [0.1, 0.15) is 54.7 Å². The van der Waals surface area contributed by atoms with Crippen LogP contribution in [0.4, 0.5) is 5.95 Å². The highest BCUT2D eigenvalue weighted by Crippen LogP contribution is 2.33. The van der Waals surface area contributed by atoms with Crippen LogP contribution in [0.3, 0.4) is 0 Å². The first kappa shape index (κ1) is 21.7. The number of piperidine rings is 2. The van der Waals surface area contributed by atoms with Gasteiger partial charge in [0, 0.05) is 51.6 Å². The Kier molecular flexibility index (Phi) is 6.00. The molecule has 0 saturated carbocycles. The van der Waals surface area contributed by atoms with Crippen LogP contribution in [-0.4, -0.2) is 71.4 Å². The summed E-state index contributed by atoms with van der Waals surface area (Å²) in [4.78, 5) is 26.0. The van der Waals surface area contributed by atoms with E-state index in [1.54, 1.807) is 28.9 Å². The molecule has 0 aliphatic carbocycles. The number of aryl methyl sites for hydroxylation is 1. The Labute approximate surface area is 183 Å². The predicted octanol–water partition coefficient (Wildman–Crippen LogP) is 1.87. The third-order valence-electron chi connectivity index (χ3n) is 6.21. The fourth-order valence-corrected chi connectivity index (χ4v) is 5.36. The number of aromatic nitrogens is 4. The largest absolute Gasteiger partial charge is 0.341 e. The molecule has 0 aromatic carbocycles. The molecule has 2 aromatic heterocycles. The number of carbonyl (C=O) groups excluding carboxylic acids is 1. The van der Waals surface area contributed by atoms with Crippen molar-refractivity contribution < 1.29 is 13.2 Å². The third-order valence-corrected chi connectivity index (χ3v) is 7.32. The number of hydrogen-bond donors (Lipinski definition) is 0. The van der Waals surface area contributed by atoms with Crippen LogP contribution in [0.15, 0.2) is 23.4 Å². The average molecular weight is 447 g/mol. The second-order valence-corrected chi connectivity index (χ2v) is 10.8. The minimum absolute atomic E-state index is 0.0264. The number of nitrogens with zero attached hydrogens (tertiary/aromatic N) is 6. The summed E-state index contributed by atoms with van der Waals surface area (Å²) in [5.74, 6) is 1.06. The first-order chi connectivity index (χ1) is 14.7. The monoisotopic (exact) mass is 446 g/mol. The molecule has 0 spiro atoms. The summed E-state index contributed by atoms with van der Waals surface area (Å²) < 4.78 is 26.5. The van der Waals surface area contributed by atoms with Crippen LogP contribution in [0.5, 0.6) is 0 Å². The van der Waals surface area contributed by atoms with Gasteiger partial charge in [0.05, 0.1) is 11.9 Å². The Hall–Kier alpha value is -2.49. The van der Waals surface area contributed by atoms with Crippen molar-refractivity contribution in [2.45, 2.75) is 43.4 Å². The van der Waals surface area contributed by atoms with Gasteiger partial charge in [-0.05, 0) is 37.7 Å². The van der Waals surface area contributed by atoms with Gasteiger partial charge in [0.1, 0.15) is 10.6 Å².